The molecule has 0 N–H and O–H groups in total. The highest BCUT2D eigenvalue weighted by Gasteiger charge is 2.11. The molecule has 0 radical (unpaired) electrons. The standard InChI is InChI=1S/C15H17NO3S/c1-3-14-16-12(10-20-14)9-19-15-11(8-17)6-5-7-13(15)18-4-2/h5-8,10H,3-4,9H2,1-2H3. The molecule has 2 aromatic rings. The van der Waals surface area contributed by atoms with Crippen molar-refractivity contribution in [2.24, 2.45) is 0 Å². The van der Waals surface area contributed by atoms with Crippen molar-refractivity contribution in [3.8, 4) is 11.5 Å². The maximum atomic E-state index is 11.1. The zero-order valence-corrected chi connectivity index (χ0v) is 12.4. The number of aldehydes is 1. The third-order valence-corrected chi connectivity index (χ3v) is 3.74. The number of aromatic nitrogens is 1. The highest BCUT2D eigenvalue weighted by Crippen LogP contribution is 2.31. The summed E-state index contributed by atoms with van der Waals surface area (Å²) in [4.78, 5) is 15.5. The van der Waals surface area contributed by atoms with Crippen molar-refractivity contribution in [1.82, 2.24) is 4.98 Å². The maximum Gasteiger partial charge on any atom is 0.172 e. The minimum atomic E-state index is 0.335. The molecule has 4 nitrogen and oxygen atoms in total. The van der Waals surface area contributed by atoms with Gasteiger partial charge in [0, 0.05) is 5.38 Å². The van der Waals surface area contributed by atoms with Crippen LogP contribution in [0.1, 0.15) is 34.9 Å². The Morgan fingerprint density at radius 1 is 1.30 bits per heavy atom. The third-order valence-electron chi connectivity index (χ3n) is 2.70. The van der Waals surface area contributed by atoms with Crippen molar-refractivity contribution >= 4 is 17.6 Å². The van der Waals surface area contributed by atoms with E-state index in [2.05, 4.69) is 11.9 Å². The van der Waals surface area contributed by atoms with E-state index in [9.17, 15) is 4.79 Å². The molecular weight excluding hydrogens is 274 g/mol. The van der Waals surface area contributed by atoms with Gasteiger partial charge in [0.05, 0.1) is 22.9 Å². The van der Waals surface area contributed by atoms with E-state index in [0.717, 1.165) is 23.4 Å². The number of nitrogens with zero attached hydrogens (tertiary/aromatic N) is 1. The van der Waals surface area contributed by atoms with Crippen molar-refractivity contribution in [2.45, 2.75) is 26.9 Å². The summed E-state index contributed by atoms with van der Waals surface area (Å²) in [5.41, 5.74) is 1.36. The summed E-state index contributed by atoms with van der Waals surface area (Å²) in [6.45, 7) is 4.82. The molecule has 1 heterocycles. The Morgan fingerprint density at radius 3 is 2.80 bits per heavy atom. The summed E-state index contributed by atoms with van der Waals surface area (Å²) in [5, 5.41) is 3.06. The molecule has 0 bridgehead atoms. The highest BCUT2D eigenvalue weighted by atomic mass is 32.1. The average Bonchev–Trinajstić information content (AvgIpc) is 2.94. The molecule has 1 aromatic heterocycles. The maximum absolute atomic E-state index is 11.1. The number of rotatable bonds is 7. The van der Waals surface area contributed by atoms with Crippen LogP contribution in [0.3, 0.4) is 0 Å². The molecule has 0 spiro atoms. The highest BCUT2D eigenvalue weighted by molar-refractivity contribution is 7.09. The Labute approximate surface area is 122 Å². The first-order valence-electron chi connectivity index (χ1n) is 6.55. The van der Waals surface area contributed by atoms with Gasteiger partial charge < -0.3 is 9.47 Å². The molecule has 0 fully saturated rings. The van der Waals surface area contributed by atoms with E-state index in [-0.39, 0.29) is 0 Å². The number of carbonyl (C=O) groups excluding carboxylic acids is 1. The van der Waals surface area contributed by atoms with Crippen LogP contribution in [-0.4, -0.2) is 17.9 Å². The quantitative estimate of drug-likeness (QED) is 0.733. The number of hydrogen-bond acceptors (Lipinski definition) is 5. The van der Waals surface area contributed by atoms with Crippen LogP contribution in [0.5, 0.6) is 11.5 Å². The van der Waals surface area contributed by atoms with Gasteiger partial charge in [-0.25, -0.2) is 4.98 Å². The van der Waals surface area contributed by atoms with E-state index in [4.69, 9.17) is 9.47 Å². The number of para-hydroxylation sites is 1. The first kappa shape index (κ1) is 14.5. The lowest BCUT2D eigenvalue weighted by Gasteiger charge is -2.12. The molecule has 0 atom stereocenters. The Balaban J connectivity index is 2.16. The van der Waals surface area contributed by atoms with E-state index >= 15 is 0 Å². The molecular formula is C15H17NO3S. The van der Waals surface area contributed by atoms with E-state index in [1.54, 1.807) is 29.5 Å². The van der Waals surface area contributed by atoms with Crippen molar-refractivity contribution in [1.29, 1.82) is 0 Å². The van der Waals surface area contributed by atoms with Gasteiger partial charge >= 0.3 is 0 Å². The average molecular weight is 291 g/mol. The lowest BCUT2D eigenvalue weighted by Crippen LogP contribution is -2.02. The van der Waals surface area contributed by atoms with Crippen LogP contribution in [0.2, 0.25) is 0 Å². The van der Waals surface area contributed by atoms with Gasteiger partial charge in [-0.05, 0) is 25.5 Å². The number of hydrogen-bond donors (Lipinski definition) is 0. The molecule has 0 aliphatic carbocycles. The van der Waals surface area contributed by atoms with Gasteiger partial charge in [0.15, 0.2) is 17.8 Å². The van der Waals surface area contributed by atoms with Crippen LogP contribution in [0.25, 0.3) is 0 Å². The molecule has 106 valence electrons. The molecule has 0 unspecified atom stereocenters. The number of ether oxygens (including phenoxy) is 2. The summed E-state index contributed by atoms with van der Waals surface area (Å²) in [6, 6.07) is 5.29. The minimum absolute atomic E-state index is 0.335. The first-order valence-corrected chi connectivity index (χ1v) is 7.43. The molecule has 0 aliphatic rings. The van der Waals surface area contributed by atoms with Crippen LogP contribution in [0.4, 0.5) is 0 Å². The second-order valence-corrected chi connectivity index (χ2v) is 5.04. The van der Waals surface area contributed by atoms with Gasteiger partial charge in [0.1, 0.15) is 6.61 Å². The first-order chi connectivity index (χ1) is 9.78. The van der Waals surface area contributed by atoms with Gasteiger partial charge in [0.25, 0.3) is 0 Å². The molecule has 0 saturated heterocycles. The molecule has 0 amide bonds. The largest absolute Gasteiger partial charge is 0.490 e. The Bertz CT molecular complexity index is 580. The summed E-state index contributed by atoms with van der Waals surface area (Å²) in [5.74, 6) is 1.07. The molecule has 0 saturated carbocycles. The zero-order valence-electron chi connectivity index (χ0n) is 11.6. The minimum Gasteiger partial charge on any atom is -0.490 e. The fraction of sp³-hybridized carbons (Fsp3) is 0.333. The lowest BCUT2D eigenvalue weighted by atomic mass is 10.2. The molecule has 20 heavy (non-hydrogen) atoms. The van der Waals surface area contributed by atoms with Gasteiger partial charge in [0.2, 0.25) is 0 Å². The topological polar surface area (TPSA) is 48.4 Å². The second kappa shape index (κ2) is 7.05. The number of aryl methyl sites for hydroxylation is 1. The molecule has 2 rings (SSSR count). The van der Waals surface area contributed by atoms with Crippen molar-refractivity contribution in [2.75, 3.05) is 6.61 Å². The van der Waals surface area contributed by atoms with E-state index in [0.29, 0.717) is 30.3 Å². The van der Waals surface area contributed by atoms with Crippen LogP contribution in [0, 0.1) is 0 Å². The van der Waals surface area contributed by atoms with Crippen LogP contribution < -0.4 is 9.47 Å². The zero-order chi connectivity index (χ0) is 14.4. The number of carbonyl (C=O) groups is 1. The monoisotopic (exact) mass is 291 g/mol. The van der Waals surface area contributed by atoms with Crippen LogP contribution in [0.15, 0.2) is 23.6 Å². The van der Waals surface area contributed by atoms with E-state index < -0.39 is 0 Å². The van der Waals surface area contributed by atoms with Gasteiger partial charge in [-0.2, -0.15) is 0 Å². The fourth-order valence-corrected chi connectivity index (χ4v) is 2.50. The van der Waals surface area contributed by atoms with Crippen LogP contribution in [-0.2, 0) is 13.0 Å². The van der Waals surface area contributed by atoms with Gasteiger partial charge in [-0.1, -0.05) is 13.0 Å². The van der Waals surface area contributed by atoms with E-state index in [1.165, 1.54) is 0 Å². The Hall–Kier alpha value is -1.88. The van der Waals surface area contributed by atoms with E-state index in [1.807, 2.05) is 12.3 Å². The summed E-state index contributed by atoms with van der Waals surface area (Å²) >= 11 is 1.62. The molecule has 1 aromatic carbocycles. The number of benzene rings is 1. The lowest BCUT2D eigenvalue weighted by molar-refractivity contribution is 0.111. The Kier molecular flexibility index (Phi) is 5.12. The predicted molar refractivity (Wildman–Crippen MR) is 78.8 cm³/mol. The SMILES string of the molecule is CCOc1cccc(C=O)c1OCc1csc(CC)n1. The normalized spacial score (nSPS) is 10.3. The summed E-state index contributed by atoms with van der Waals surface area (Å²) < 4.78 is 11.2. The summed E-state index contributed by atoms with van der Waals surface area (Å²) in [6.07, 6.45) is 1.69. The molecule has 0 aliphatic heterocycles. The Morgan fingerprint density at radius 2 is 2.15 bits per heavy atom. The van der Waals surface area contributed by atoms with Gasteiger partial charge in [-0.15, -0.1) is 11.3 Å². The summed E-state index contributed by atoms with van der Waals surface area (Å²) in [7, 11) is 0. The number of thiazole rings is 1. The van der Waals surface area contributed by atoms with Crippen molar-refractivity contribution in [3.63, 3.8) is 0 Å². The third kappa shape index (κ3) is 3.36. The van der Waals surface area contributed by atoms with Crippen molar-refractivity contribution < 1.29 is 14.3 Å². The molecule has 5 heteroatoms. The smallest absolute Gasteiger partial charge is 0.172 e. The van der Waals surface area contributed by atoms with Gasteiger partial charge in [-0.3, -0.25) is 4.79 Å². The second-order valence-electron chi connectivity index (χ2n) is 4.10. The predicted octanol–water partition coefficient (Wildman–Crippen LogP) is 3.50. The fourth-order valence-electron chi connectivity index (χ4n) is 1.77. The van der Waals surface area contributed by atoms with Crippen LogP contribution >= 0.6 is 11.3 Å². The van der Waals surface area contributed by atoms with Crippen molar-refractivity contribution in [3.05, 3.63) is 39.8 Å².